The third-order valence-corrected chi connectivity index (χ3v) is 9.12. The van der Waals surface area contributed by atoms with Crippen LogP contribution in [0.4, 0.5) is 8.78 Å². The van der Waals surface area contributed by atoms with Gasteiger partial charge in [-0.15, -0.1) is 0 Å². The second-order valence-corrected chi connectivity index (χ2v) is 12.0. The third kappa shape index (κ3) is 4.17. The van der Waals surface area contributed by atoms with E-state index < -0.39 is 17.0 Å². The van der Waals surface area contributed by atoms with Gasteiger partial charge in [-0.05, 0) is 87.5 Å². The molecule has 0 radical (unpaired) electrons. The van der Waals surface area contributed by atoms with Crippen LogP contribution in [0.25, 0.3) is 5.65 Å². The number of carbonyl (C=O) groups excluding carboxylic acids is 2. The number of rotatable bonds is 7. The van der Waals surface area contributed by atoms with Crippen LogP contribution in [-0.2, 0) is 16.1 Å². The quantitative estimate of drug-likeness (QED) is 0.313. The fourth-order valence-corrected chi connectivity index (χ4v) is 7.43. The molecule has 1 N–H and O–H groups in total. The van der Waals surface area contributed by atoms with Crippen molar-refractivity contribution in [2.45, 2.75) is 53.1 Å². The molecule has 6 rings (SSSR count). The maximum atomic E-state index is 14.1. The number of allylic oxidation sites excluding steroid dienone is 1. The number of esters is 1. The molecule has 2 aromatic heterocycles. The first-order valence-electron chi connectivity index (χ1n) is 13.7. The Kier molecular flexibility index (Phi) is 6.23. The van der Waals surface area contributed by atoms with Gasteiger partial charge in [-0.3, -0.25) is 14.0 Å². The van der Waals surface area contributed by atoms with Crippen molar-refractivity contribution in [1.82, 2.24) is 14.7 Å². The number of halogens is 2. The van der Waals surface area contributed by atoms with Gasteiger partial charge in [-0.2, -0.15) is 0 Å². The van der Waals surface area contributed by atoms with Crippen LogP contribution in [0, 0.1) is 48.1 Å². The van der Waals surface area contributed by atoms with Crippen molar-refractivity contribution in [1.29, 1.82) is 0 Å². The number of benzene rings is 1. The van der Waals surface area contributed by atoms with Crippen molar-refractivity contribution in [3.05, 3.63) is 76.3 Å². The number of hydrogen-bond acceptors (Lipinski definition) is 5. The Labute approximate surface area is 231 Å². The highest BCUT2D eigenvalue weighted by Gasteiger charge is 2.59. The van der Waals surface area contributed by atoms with Gasteiger partial charge in [0.15, 0.2) is 11.4 Å². The molecular formula is C31H33F2N3O4. The van der Waals surface area contributed by atoms with Gasteiger partial charge in [0.25, 0.3) is 5.91 Å². The fraction of sp³-hybridized carbons (Fsp3) is 0.452. The number of methoxy groups -OCH3 is 1. The number of nitrogens with one attached hydrogen (secondary N) is 1. The number of fused-ring (bicyclic) bond motifs is 2. The molecule has 2 saturated carbocycles. The number of pyridine rings is 1. The van der Waals surface area contributed by atoms with E-state index in [1.54, 1.807) is 17.4 Å². The molecule has 7 nitrogen and oxygen atoms in total. The second kappa shape index (κ2) is 9.42. The van der Waals surface area contributed by atoms with Crippen LogP contribution in [0.2, 0.25) is 0 Å². The predicted molar refractivity (Wildman–Crippen MR) is 144 cm³/mol. The van der Waals surface area contributed by atoms with Crippen molar-refractivity contribution in [3.8, 4) is 5.75 Å². The molecule has 210 valence electrons. The van der Waals surface area contributed by atoms with Gasteiger partial charge < -0.3 is 14.8 Å². The van der Waals surface area contributed by atoms with Gasteiger partial charge in [0.1, 0.15) is 23.9 Å². The lowest BCUT2D eigenvalue weighted by Crippen LogP contribution is -2.48. The van der Waals surface area contributed by atoms with Crippen LogP contribution in [0.5, 0.6) is 5.75 Å². The zero-order valence-corrected chi connectivity index (χ0v) is 23.1. The summed E-state index contributed by atoms with van der Waals surface area (Å²) in [7, 11) is 1.44. The molecule has 4 unspecified atom stereocenters. The molecule has 4 atom stereocenters. The van der Waals surface area contributed by atoms with Gasteiger partial charge in [0.2, 0.25) is 0 Å². The number of carbonyl (C=O) groups is 2. The zero-order chi connectivity index (χ0) is 28.4. The van der Waals surface area contributed by atoms with Crippen molar-refractivity contribution >= 4 is 17.5 Å². The minimum absolute atomic E-state index is 0.00598. The van der Waals surface area contributed by atoms with Gasteiger partial charge in [-0.25, -0.2) is 13.8 Å². The van der Waals surface area contributed by atoms with Crippen molar-refractivity contribution in [3.63, 3.8) is 0 Å². The Hall–Kier alpha value is -3.75. The van der Waals surface area contributed by atoms with Crippen molar-refractivity contribution in [2.75, 3.05) is 13.7 Å². The summed E-state index contributed by atoms with van der Waals surface area (Å²) >= 11 is 0. The maximum Gasteiger partial charge on any atom is 0.315 e. The second-order valence-electron chi connectivity index (χ2n) is 12.0. The summed E-state index contributed by atoms with van der Waals surface area (Å²) in [6.07, 6.45) is 7.57. The van der Waals surface area contributed by atoms with E-state index in [4.69, 9.17) is 9.47 Å². The minimum atomic E-state index is -0.682. The largest absolute Gasteiger partial charge is 0.485 e. The zero-order valence-electron chi connectivity index (χ0n) is 23.1. The number of nitrogens with zero attached hydrogens (tertiary/aromatic N) is 2. The van der Waals surface area contributed by atoms with Crippen LogP contribution in [0.3, 0.4) is 0 Å². The van der Waals surface area contributed by atoms with E-state index in [1.165, 1.54) is 30.9 Å². The lowest BCUT2D eigenvalue weighted by Gasteiger charge is -2.49. The highest BCUT2D eigenvalue weighted by molar-refractivity contribution is 5.95. The van der Waals surface area contributed by atoms with E-state index in [-0.39, 0.29) is 29.5 Å². The molecule has 2 bridgehead atoms. The maximum absolute atomic E-state index is 14.1. The number of aromatic nitrogens is 2. The van der Waals surface area contributed by atoms with E-state index in [2.05, 4.69) is 16.4 Å². The van der Waals surface area contributed by atoms with Gasteiger partial charge in [0.05, 0.1) is 23.8 Å². The average Bonchev–Trinajstić information content (AvgIpc) is 3.33. The molecule has 1 aromatic carbocycles. The summed E-state index contributed by atoms with van der Waals surface area (Å²) in [6, 6.07) is 5.43. The molecule has 1 amide bonds. The number of ether oxygens (including phenoxy) is 2. The standard InChI is InChI=1S/C31H33F2N3O4/c1-17-8-25(40-15-21-23(32)6-5-7-24(21)33)27-35-18(2)26(36(27)14-17)28(37)34-16-31-11-19-9-22(31)20(13-31)12-30(3,10-19)29(38)39-4/h5-8,12,14,19,22H,9-11,13,15-16H2,1-4H3,(H,34,37). The first-order valence-corrected chi connectivity index (χ1v) is 13.7. The van der Waals surface area contributed by atoms with Crippen LogP contribution in [0.1, 0.15) is 59.9 Å². The highest BCUT2D eigenvalue weighted by atomic mass is 19.1. The monoisotopic (exact) mass is 549 g/mol. The Morgan fingerprint density at radius 3 is 2.67 bits per heavy atom. The SMILES string of the molecule is COC(=O)C1(C)C=C2CC3(CNC(=O)c4c(C)nc5c(OCc6c(F)cccc6F)cc(C)cn45)CC(CC23)C1. The Balaban J connectivity index is 1.21. The average molecular weight is 550 g/mol. The summed E-state index contributed by atoms with van der Waals surface area (Å²) in [6.45, 7) is 5.84. The lowest BCUT2D eigenvalue weighted by atomic mass is 9.56. The Morgan fingerprint density at radius 2 is 1.95 bits per heavy atom. The molecular weight excluding hydrogens is 516 g/mol. The predicted octanol–water partition coefficient (Wildman–Crippen LogP) is 5.46. The molecule has 0 saturated heterocycles. The van der Waals surface area contributed by atoms with Gasteiger partial charge >= 0.3 is 5.97 Å². The molecule has 0 spiro atoms. The molecule has 40 heavy (non-hydrogen) atoms. The first kappa shape index (κ1) is 26.5. The van der Waals surface area contributed by atoms with E-state index in [9.17, 15) is 18.4 Å². The van der Waals surface area contributed by atoms with E-state index in [0.717, 1.165) is 31.2 Å². The van der Waals surface area contributed by atoms with Crippen molar-refractivity contribution < 1.29 is 27.8 Å². The number of hydrogen-bond donors (Lipinski definition) is 1. The minimum Gasteiger partial charge on any atom is -0.485 e. The molecule has 3 aliphatic rings. The summed E-state index contributed by atoms with van der Waals surface area (Å²) in [5.74, 6) is -0.662. The lowest BCUT2D eigenvalue weighted by molar-refractivity contribution is -0.150. The summed E-state index contributed by atoms with van der Waals surface area (Å²) in [5.41, 5.74) is 2.72. The molecule has 2 heterocycles. The molecule has 0 aliphatic heterocycles. The van der Waals surface area contributed by atoms with Crippen molar-refractivity contribution in [2.24, 2.45) is 22.7 Å². The summed E-state index contributed by atoms with van der Waals surface area (Å²) < 4.78 is 40.9. The van der Waals surface area contributed by atoms with Crippen LogP contribution < -0.4 is 10.1 Å². The molecule has 3 aromatic rings. The Morgan fingerprint density at radius 1 is 1.20 bits per heavy atom. The van der Waals surface area contributed by atoms with E-state index >= 15 is 0 Å². The van der Waals surface area contributed by atoms with Crippen LogP contribution >= 0.6 is 0 Å². The fourth-order valence-electron chi connectivity index (χ4n) is 7.43. The highest BCUT2D eigenvalue weighted by Crippen LogP contribution is 2.66. The Bertz CT molecular complexity index is 1560. The summed E-state index contributed by atoms with van der Waals surface area (Å²) in [5, 5.41) is 3.18. The van der Waals surface area contributed by atoms with Crippen LogP contribution in [-0.4, -0.2) is 34.9 Å². The number of imidazole rings is 1. The normalized spacial score (nSPS) is 26.6. The van der Waals surface area contributed by atoms with Crippen LogP contribution in [0.15, 0.2) is 42.1 Å². The van der Waals surface area contributed by atoms with Gasteiger partial charge in [0, 0.05) is 12.7 Å². The molecule has 3 aliphatic carbocycles. The third-order valence-electron chi connectivity index (χ3n) is 9.12. The molecule has 9 heteroatoms. The number of amides is 1. The topological polar surface area (TPSA) is 81.9 Å². The van der Waals surface area contributed by atoms with E-state index in [1.807, 2.05) is 20.0 Å². The number of aryl methyl sites for hydroxylation is 2. The van der Waals surface area contributed by atoms with Gasteiger partial charge in [-0.1, -0.05) is 17.7 Å². The first-order chi connectivity index (χ1) is 19.0. The van der Waals surface area contributed by atoms with E-state index in [0.29, 0.717) is 41.2 Å². The smallest absolute Gasteiger partial charge is 0.315 e. The summed E-state index contributed by atoms with van der Waals surface area (Å²) in [4.78, 5) is 30.6. The molecule has 2 fully saturated rings.